The van der Waals surface area contributed by atoms with Gasteiger partial charge in [0.1, 0.15) is 6.04 Å². The van der Waals surface area contributed by atoms with Gasteiger partial charge < -0.3 is 21.5 Å². The van der Waals surface area contributed by atoms with Crippen molar-refractivity contribution in [3.63, 3.8) is 0 Å². The first-order chi connectivity index (χ1) is 11.8. The van der Waals surface area contributed by atoms with E-state index < -0.39 is 24.0 Å². The number of nitrogens with two attached hydrogens (primary N) is 1. The van der Waals surface area contributed by atoms with Crippen LogP contribution in [0.2, 0.25) is 0 Å². The molecule has 0 saturated heterocycles. The molecule has 2 atom stereocenters. The van der Waals surface area contributed by atoms with Crippen LogP contribution in [0.15, 0.2) is 30.3 Å². The summed E-state index contributed by atoms with van der Waals surface area (Å²) in [6.45, 7) is 3.67. The molecule has 138 valence electrons. The van der Waals surface area contributed by atoms with Crippen LogP contribution in [0.5, 0.6) is 0 Å². The third-order valence-corrected chi connectivity index (χ3v) is 3.66. The Morgan fingerprint density at radius 3 is 2.36 bits per heavy atom. The van der Waals surface area contributed by atoms with E-state index in [9.17, 15) is 19.5 Å². The highest BCUT2D eigenvalue weighted by molar-refractivity contribution is 5.87. The van der Waals surface area contributed by atoms with E-state index in [4.69, 9.17) is 5.73 Å². The van der Waals surface area contributed by atoms with Gasteiger partial charge in [0.05, 0.1) is 6.04 Å². The van der Waals surface area contributed by atoms with Gasteiger partial charge in [0, 0.05) is 13.0 Å². The molecule has 7 heteroatoms. The zero-order chi connectivity index (χ0) is 18.8. The number of carboxylic acids is 1. The number of carboxylic acid groups (broad SMARTS) is 1. The number of aliphatic carboxylic acids is 1. The average molecular weight is 349 g/mol. The summed E-state index contributed by atoms with van der Waals surface area (Å²) in [4.78, 5) is 35.1. The Morgan fingerprint density at radius 1 is 1.16 bits per heavy atom. The Kier molecular flexibility index (Phi) is 8.63. The monoisotopic (exact) mass is 349 g/mol. The van der Waals surface area contributed by atoms with Crippen molar-refractivity contribution in [3.8, 4) is 0 Å². The third-order valence-electron chi connectivity index (χ3n) is 3.66. The molecule has 25 heavy (non-hydrogen) atoms. The smallest absolute Gasteiger partial charge is 0.328 e. The summed E-state index contributed by atoms with van der Waals surface area (Å²) in [7, 11) is 0. The lowest BCUT2D eigenvalue weighted by atomic mass is 10.0. The highest BCUT2D eigenvalue weighted by atomic mass is 16.4. The molecular formula is C18H27N3O4. The van der Waals surface area contributed by atoms with E-state index >= 15 is 0 Å². The fraction of sp³-hybridized carbons (Fsp3) is 0.500. The van der Waals surface area contributed by atoms with Gasteiger partial charge in [-0.15, -0.1) is 0 Å². The highest BCUT2D eigenvalue weighted by Gasteiger charge is 2.24. The standard InChI is InChI=1S/C18H27N3O4/c1-12(2)10-14(19)17(23)21-15(18(24)25)11-20-16(22)9-8-13-6-4-3-5-7-13/h3-7,12,14-15H,8-11,19H2,1-2H3,(H,20,22)(H,21,23)(H,24,25)/t14-,15?/m0/s1. The lowest BCUT2D eigenvalue weighted by molar-refractivity contribution is -0.142. The van der Waals surface area contributed by atoms with Crippen LogP contribution in [0.4, 0.5) is 0 Å². The second-order valence-electron chi connectivity index (χ2n) is 6.43. The predicted octanol–water partition coefficient (Wildman–Crippen LogP) is 0.678. The van der Waals surface area contributed by atoms with Crippen LogP contribution < -0.4 is 16.4 Å². The third kappa shape index (κ3) is 8.30. The van der Waals surface area contributed by atoms with Crippen molar-refractivity contribution in [3.05, 3.63) is 35.9 Å². The summed E-state index contributed by atoms with van der Waals surface area (Å²) in [5.41, 5.74) is 6.77. The Labute approximate surface area is 148 Å². The van der Waals surface area contributed by atoms with Crippen molar-refractivity contribution in [2.24, 2.45) is 11.7 Å². The first-order valence-electron chi connectivity index (χ1n) is 8.39. The maximum atomic E-state index is 11.9. The molecule has 0 bridgehead atoms. The largest absolute Gasteiger partial charge is 0.480 e. The van der Waals surface area contributed by atoms with Crippen LogP contribution >= 0.6 is 0 Å². The van der Waals surface area contributed by atoms with Crippen LogP contribution in [0.25, 0.3) is 0 Å². The van der Waals surface area contributed by atoms with Crippen molar-refractivity contribution < 1.29 is 19.5 Å². The van der Waals surface area contributed by atoms with E-state index in [0.29, 0.717) is 12.8 Å². The molecule has 0 aliphatic heterocycles. The Hall–Kier alpha value is -2.41. The summed E-state index contributed by atoms with van der Waals surface area (Å²) in [5.74, 6) is -1.79. The molecule has 0 aliphatic carbocycles. The Morgan fingerprint density at radius 2 is 1.80 bits per heavy atom. The van der Waals surface area contributed by atoms with Gasteiger partial charge in [0.2, 0.25) is 11.8 Å². The van der Waals surface area contributed by atoms with Gasteiger partial charge in [-0.25, -0.2) is 4.79 Å². The second-order valence-corrected chi connectivity index (χ2v) is 6.43. The summed E-state index contributed by atoms with van der Waals surface area (Å²) in [6.07, 6.45) is 1.27. The number of carbonyl (C=O) groups excluding carboxylic acids is 2. The molecular weight excluding hydrogens is 322 g/mol. The predicted molar refractivity (Wildman–Crippen MR) is 94.8 cm³/mol. The van der Waals surface area contributed by atoms with Crippen molar-refractivity contribution in [2.75, 3.05) is 6.54 Å². The summed E-state index contributed by atoms with van der Waals surface area (Å²) in [5, 5.41) is 14.1. The van der Waals surface area contributed by atoms with Crippen molar-refractivity contribution >= 4 is 17.8 Å². The van der Waals surface area contributed by atoms with E-state index in [1.807, 2.05) is 44.2 Å². The Bertz CT molecular complexity index is 575. The van der Waals surface area contributed by atoms with Gasteiger partial charge >= 0.3 is 5.97 Å². The number of hydrogen-bond donors (Lipinski definition) is 4. The fourth-order valence-electron chi connectivity index (χ4n) is 2.30. The van der Waals surface area contributed by atoms with E-state index in [2.05, 4.69) is 10.6 Å². The van der Waals surface area contributed by atoms with Crippen LogP contribution in [0.1, 0.15) is 32.3 Å². The number of rotatable bonds is 10. The minimum Gasteiger partial charge on any atom is -0.480 e. The molecule has 1 rings (SSSR count). The van der Waals surface area contributed by atoms with Crippen molar-refractivity contribution in [1.29, 1.82) is 0 Å². The number of hydrogen-bond acceptors (Lipinski definition) is 4. The molecule has 1 aromatic carbocycles. The molecule has 0 heterocycles. The molecule has 0 aromatic heterocycles. The van der Waals surface area contributed by atoms with E-state index in [0.717, 1.165) is 5.56 Å². The van der Waals surface area contributed by atoms with Gasteiger partial charge in [-0.3, -0.25) is 9.59 Å². The van der Waals surface area contributed by atoms with Crippen LogP contribution in [-0.4, -0.2) is 41.5 Å². The topological polar surface area (TPSA) is 122 Å². The molecule has 5 N–H and O–H groups in total. The van der Waals surface area contributed by atoms with Crippen molar-refractivity contribution in [2.45, 2.75) is 45.2 Å². The number of amides is 2. The van der Waals surface area contributed by atoms with Crippen LogP contribution in [0, 0.1) is 5.92 Å². The number of aryl methyl sites for hydroxylation is 1. The molecule has 0 spiro atoms. The number of benzene rings is 1. The highest BCUT2D eigenvalue weighted by Crippen LogP contribution is 2.03. The summed E-state index contributed by atoms with van der Waals surface area (Å²) < 4.78 is 0. The van der Waals surface area contributed by atoms with Gasteiger partial charge in [-0.1, -0.05) is 44.2 Å². The van der Waals surface area contributed by atoms with E-state index in [1.54, 1.807) is 0 Å². The zero-order valence-electron chi connectivity index (χ0n) is 14.7. The van der Waals surface area contributed by atoms with Crippen LogP contribution in [0.3, 0.4) is 0 Å². The molecule has 0 saturated carbocycles. The number of carbonyl (C=O) groups is 3. The van der Waals surface area contributed by atoms with Crippen LogP contribution in [-0.2, 0) is 20.8 Å². The molecule has 0 aliphatic rings. The SMILES string of the molecule is CC(C)C[C@H](N)C(=O)NC(CNC(=O)CCc1ccccc1)C(=O)O. The normalized spacial score (nSPS) is 13.1. The minimum absolute atomic E-state index is 0.177. The zero-order valence-corrected chi connectivity index (χ0v) is 14.7. The maximum Gasteiger partial charge on any atom is 0.328 e. The number of nitrogens with one attached hydrogen (secondary N) is 2. The molecule has 1 aromatic rings. The van der Waals surface area contributed by atoms with Gasteiger partial charge in [-0.05, 0) is 24.3 Å². The maximum absolute atomic E-state index is 11.9. The quantitative estimate of drug-likeness (QED) is 0.495. The molecule has 1 unspecified atom stereocenters. The molecule has 0 radical (unpaired) electrons. The van der Waals surface area contributed by atoms with E-state index in [-0.39, 0.29) is 24.8 Å². The lowest BCUT2D eigenvalue weighted by Gasteiger charge is -2.19. The van der Waals surface area contributed by atoms with Gasteiger partial charge in [0.25, 0.3) is 0 Å². The first kappa shape index (κ1) is 20.6. The molecule has 7 nitrogen and oxygen atoms in total. The lowest BCUT2D eigenvalue weighted by Crippen LogP contribution is -2.53. The van der Waals surface area contributed by atoms with Crippen molar-refractivity contribution in [1.82, 2.24) is 10.6 Å². The Balaban J connectivity index is 2.43. The summed E-state index contributed by atoms with van der Waals surface area (Å²) >= 11 is 0. The van der Waals surface area contributed by atoms with E-state index in [1.165, 1.54) is 0 Å². The minimum atomic E-state index is -1.21. The average Bonchev–Trinajstić information content (AvgIpc) is 2.56. The van der Waals surface area contributed by atoms with Gasteiger partial charge in [-0.2, -0.15) is 0 Å². The molecule has 2 amide bonds. The van der Waals surface area contributed by atoms with Gasteiger partial charge in [0.15, 0.2) is 0 Å². The second kappa shape index (κ2) is 10.5. The summed E-state index contributed by atoms with van der Waals surface area (Å²) in [6, 6.07) is 7.55. The fourth-order valence-corrected chi connectivity index (χ4v) is 2.30. The molecule has 0 fully saturated rings. The first-order valence-corrected chi connectivity index (χ1v) is 8.39.